The lowest BCUT2D eigenvalue weighted by atomic mass is 10.0. The average molecular weight is 668 g/mol. The Balaban J connectivity index is 1.50. The normalized spacial score (nSPS) is 15.6. The minimum atomic E-state index is -4.40. The van der Waals surface area contributed by atoms with E-state index in [2.05, 4.69) is 0 Å². The third kappa shape index (κ3) is 7.00. The van der Waals surface area contributed by atoms with Gasteiger partial charge in [-0.25, -0.2) is 12.8 Å². The summed E-state index contributed by atoms with van der Waals surface area (Å²) in [6.45, 7) is 0.484. The number of halogens is 2. The van der Waals surface area contributed by atoms with Gasteiger partial charge in [0, 0.05) is 50.0 Å². The highest BCUT2D eigenvalue weighted by molar-refractivity contribution is 7.89. The third-order valence-corrected chi connectivity index (χ3v) is 10.1. The first-order valence-corrected chi connectivity index (χ1v) is 16.6. The maximum atomic E-state index is 15.6. The molecule has 3 aromatic carbocycles. The van der Waals surface area contributed by atoms with Crippen molar-refractivity contribution in [2.45, 2.75) is 23.8 Å². The van der Waals surface area contributed by atoms with Crippen LogP contribution in [0.25, 0.3) is 16.5 Å². The van der Waals surface area contributed by atoms with Crippen LogP contribution in [0.4, 0.5) is 10.1 Å². The first-order chi connectivity index (χ1) is 21.9. The molecule has 0 saturated carbocycles. The number of carbonyl (C=O) groups is 2. The predicted octanol–water partition coefficient (Wildman–Crippen LogP) is 3.99. The topological polar surface area (TPSA) is 103 Å². The molecule has 0 bridgehead atoms. The third-order valence-electron chi connectivity index (χ3n) is 8.06. The Bertz CT molecular complexity index is 1950. The Morgan fingerprint density at radius 1 is 0.957 bits per heavy atom. The van der Waals surface area contributed by atoms with Crippen molar-refractivity contribution in [3.8, 4) is 5.69 Å². The number of rotatable bonds is 10. The first kappa shape index (κ1) is 33.3. The molecule has 1 aromatic heterocycles. The van der Waals surface area contributed by atoms with E-state index < -0.39 is 40.2 Å². The average Bonchev–Trinajstić information content (AvgIpc) is 3.02. The van der Waals surface area contributed by atoms with Gasteiger partial charge in [-0.1, -0.05) is 29.8 Å². The van der Waals surface area contributed by atoms with E-state index >= 15 is 4.39 Å². The lowest BCUT2D eigenvalue weighted by molar-refractivity contribution is -0.131. The molecule has 1 fully saturated rings. The molecular weight excluding hydrogens is 633 g/mol. The van der Waals surface area contributed by atoms with E-state index in [0.717, 1.165) is 15.8 Å². The number of pyridine rings is 1. The lowest BCUT2D eigenvalue weighted by Crippen LogP contribution is -2.56. The van der Waals surface area contributed by atoms with E-state index in [0.29, 0.717) is 29.9 Å². The molecule has 4 aromatic rings. The molecule has 0 aliphatic carbocycles. The SMILES string of the molecule is CN(C)CCN(C)C(=O)CN([C@@H]1CCCN(c2ccc(-n3ccccc3=O)cc2F)C1=O)S(=O)(=O)c1ccc2cc(Cl)ccc2c1. The summed E-state index contributed by atoms with van der Waals surface area (Å²) in [5.41, 5.74) is -0.112. The van der Waals surface area contributed by atoms with Crippen LogP contribution in [0.15, 0.2) is 88.7 Å². The fourth-order valence-electron chi connectivity index (χ4n) is 5.45. The zero-order chi connectivity index (χ0) is 33.2. The Morgan fingerprint density at radius 3 is 2.41 bits per heavy atom. The summed E-state index contributed by atoms with van der Waals surface area (Å²) < 4.78 is 46.4. The van der Waals surface area contributed by atoms with Crippen LogP contribution in [0.1, 0.15) is 12.8 Å². The number of sulfonamides is 1. The predicted molar refractivity (Wildman–Crippen MR) is 176 cm³/mol. The van der Waals surface area contributed by atoms with Gasteiger partial charge in [0.25, 0.3) is 5.56 Å². The molecule has 0 N–H and O–H groups in total. The highest BCUT2D eigenvalue weighted by atomic mass is 35.5. The van der Waals surface area contributed by atoms with Crippen LogP contribution in [0.3, 0.4) is 0 Å². The molecule has 5 rings (SSSR count). The smallest absolute Gasteiger partial charge is 0.255 e. The number of hydrogen-bond donors (Lipinski definition) is 0. The van der Waals surface area contributed by atoms with Gasteiger partial charge in [0.1, 0.15) is 11.9 Å². The first-order valence-electron chi connectivity index (χ1n) is 14.8. The molecule has 13 heteroatoms. The zero-order valence-corrected chi connectivity index (χ0v) is 27.3. The minimum Gasteiger partial charge on any atom is -0.343 e. The maximum absolute atomic E-state index is 15.6. The summed E-state index contributed by atoms with van der Waals surface area (Å²) in [6, 6.07) is 17.0. The maximum Gasteiger partial charge on any atom is 0.255 e. The van der Waals surface area contributed by atoms with E-state index in [9.17, 15) is 22.8 Å². The molecule has 0 radical (unpaired) electrons. The number of amides is 2. The van der Waals surface area contributed by atoms with E-state index in [-0.39, 0.29) is 34.8 Å². The van der Waals surface area contributed by atoms with Gasteiger partial charge in [-0.15, -0.1) is 0 Å². The molecule has 2 amide bonds. The van der Waals surface area contributed by atoms with Crippen LogP contribution in [-0.2, 0) is 19.6 Å². The Labute approximate surface area is 272 Å². The number of likely N-dealkylation sites (N-methyl/N-ethyl adjacent to an activating group) is 2. The molecule has 0 unspecified atom stereocenters. The van der Waals surface area contributed by atoms with Gasteiger partial charge in [0.2, 0.25) is 21.8 Å². The summed E-state index contributed by atoms with van der Waals surface area (Å²) in [5, 5.41) is 1.85. The second-order valence-corrected chi connectivity index (χ2v) is 13.8. The molecular formula is C33H35ClFN5O5S. The highest BCUT2D eigenvalue weighted by Gasteiger charge is 2.42. The number of piperidine rings is 1. The van der Waals surface area contributed by atoms with Gasteiger partial charge in [0.15, 0.2) is 0 Å². The van der Waals surface area contributed by atoms with Crippen LogP contribution in [0.2, 0.25) is 5.02 Å². The molecule has 1 atom stereocenters. The van der Waals surface area contributed by atoms with Crippen molar-refractivity contribution in [2.24, 2.45) is 0 Å². The lowest BCUT2D eigenvalue weighted by Gasteiger charge is -2.38. The van der Waals surface area contributed by atoms with Gasteiger partial charge < -0.3 is 14.7 Å². The van der Waals surface area contributed by atoms with E-state index in [1.165, 1.54) is 50.9 Å². The van der Waals surface area contributed by atoms with Crippen molar-refractivity contribution in [1.29, 1.82) is 0 Å². The molecule has 2 heterocycles. The fraction of sp³-hybridized carbons (Fsp3) is 0.303. The molecule has 0 spiro atoms. The van der Waals surface area contributed by atoms with Crippen LogP contribution >= 0.6 is 11.6 Å². The summed E-state index contributed by atoms with van der Waals surface area (Å²) >= 11 is 6.11. The molecule has 1 saturated heterocycles. The largest absolute Gasteiger partial charge is 0.343 e. The molecule has 10 nitrogen and oxygen atoms in total. The summed E-state index contributed by atoms with van der Waals surface area (Å²) in [5.74, 6) is -1.87. The van der Waals surface area contributed by atoms with Gasteiger partial charge in [-0.3, -0.25) is 19.0 Å². The number of nitrogens with zero attached hydrogens (tertiary/aromatic N) is 5. The van der Waals surface area contributed by atoms with Crippen molar-refractivity contribution >= 4 is 49.9 Å². The number of fused-ring (bicyclic) bond motifs is 1. The number of anilines is 1. The number of hydrogen-bond acceptors (Lipinski definition) is 6. The van der Waals surface area contributed by atoms with Crippen LogP contribution < -0.4 is 10.5 Å². The van der Waals surface area contributed by atoms with E-state index in [1.807, 2.05) is 19.0 Å². The van der Waals surface area contributed by atoms with Crippen molar-refractivity contribution in [3.63, 3.8) is 0 Å². The standard InChI is InChI=1S/C33H35ClFN5O5S/c1-36(2)17-18-37(3)32(42)22-40(46(44,45)27-13-10-23-19-25(34)11-9-24(23)20-27)30-7-6-16-39(33(30)43)29-14-12-26(21-28(29)35)38-15-5-4-8-31(38)41/h4-5,8-15,19-21,30H,6-7,16-18,22H2,1-3H3/t30-/m1/s1. The Hall–Kier alpha value is -4.10. The van der Waals surface area contributed by atoms with Crippen molar-refractivity contribution in [1.82, 2.24) is 18.7 Å². The molecule has 1 aliphatic heterocycles. The monoisotopic (exact) mass is 667 g/mol. The van der Waals surface area contributed by atoms with Gasteiger partial charge in [-0.05, 0) is 80.2 Å². The second kappa shape index (κ2) is 13.7. The van der Waals surface area contributed by atoms with Gasteiger partial charge >= 0.3 is 0 Å². The van der Waals surface area contributed by atoms with Gasteiger partial charge in [-0.2, -0.15) is 4.31 Å². The second-order valence-electron chi connectivity index (χ2n) is 11.5. The fourth-order valence-corrected chi connectivity index (χ4v) is 7.23. The van der Waals surface area contributed by atoms with Crippen LogP contribution in [-0.4, -0.2) is 92.3 Å². The molecule has 46 heavy (non-hydrogen) atoms. The van der Waals surface area contributed by atoms with Crippen LogP contribution in [0.5, 0.6) is 0 Å². The summed E-state index contributed by atoms with van der Waals surface area (Å²) in [7, 11) is 0.913. The highest BCUT2D eigenvalue weighted by Crippen LogP contribution is 2.31. The quantitative estimate of drug-likeness (QED) is 0.254. The Kier molecular flexibility index (Phi) is 9.92. The molecule has 242 valence electrons. The number of carbonyl (C=O) groups excluding carboxylic acids is 2. The Morgan fingerprint density at radius 2 is 1.70 bits per heavy atom. The van der Waals surface area contributed by atoms with Crippen molar-refractivity contribution < 1.29 is 22.4 Å². The van der Waals surface area contributed by atoms with E-state index in [1.54, 1.807) is 43.4 Å². The van der Waals surface area contributed by atoms with Crippen molar-refractivity contribution in [3.05, 3.63) is 100 Å². The number of benzene rings is 3. The molecule has 1 aliphatic rings. The number of aromatic nitrogens is 1. The summed E-state index contributed by atoms with van der Waals surface area (Å²) in [4.78, 5) is 44.2. The van der Waals surface area contributed by atoms with Crippen molar-refractivity contribution in [2.75, 3.05) is 52.2 Å². The summed E-state index contributed by atoms with van der Waals surface area (Å²) in [6.07, 6.45) is 2.02. The van der Waals surface area contributed by atoms with Crippen LogP contribution in [0, 0.1) is 5.82 Å². The zero-order valence-electron chi connectivity index (χ0n) is 25.8. The minimum absolute atomic E-state index is 0.0446. The van der Waals surface area contributed by atoms with Gasteiger partial charge in [0.05, 0.1) is 22.8 Å². The van der Waals surface area contributed by atoms with E-state index in [4.69, 9.17) is 11.6 Å².